The molecule has 0 saturated carbocycles. The van der Waals surface area contributed by atoms with Gasteiger partial charge in [-0.25, -0.2) is 4.79 Å². The summed E-state index contributed by atoms with van der Waals surface area (Å²) in [7, 11) is 0. The molecule has 0 aromatic carbocycles. The summed E-state index contributed by atoms with van der Waals surface area (Å²) >= 11 is 0. The van der Waals surface area contributed by atoms with Crippen molar-refractivity contribution in [3.63, 3.8) is 0 Å². The van der Waals surface area contributed by atoms with Crippen LogP contribution < -0.4 is 16.0 Å². The Morgan fingerprint density at radius 3 is 1.55 bits per heavy atom. The number of ether oxygens (including phenoxy) is 1. The third-order valence-corrected chi connectivity index (χ3v) is 4.27. The Balaban J connectivity index is 5.37. The summed E-state index contributed by atoms with van der Waals surface area (Å²) in [6, 6.07) is -2.25. The summed E-state index contributed by atoms with van der Waals surface area (Å²) in [4.78, 5) is 49.4. The van der Waals surface area contributed by atoms with E-state index in [4.69, 9.17) is 4.74 Å². The van der Waals surface area contributed by atoms with Gasteiger partial charge in [-0.05, 0) is 57.8 Å². The maximum atomic E-state index is 13.0. The van der Waals surface area contributed by atoms with E-state index in [-0.39, 0.29) is 17.8 Å². The molecule has 3 N–H and O–H groups in total. The van der Waals surface area contributed by atoms with Crippen molar-refractivity contribution in [3.8, 4) is 0 Å². The molecule has 0 aromatic heterocycles. The fourth-order valence-electron chi connectivity index (χ4n) is 3.07. The molecule has 8 nitrogen and oxygen atoms in total. The second-order valence-corrected chi connectivity index (χ2v) is 10.4. The average molecular weight is 442 g/mol. The van der Waals surface area contributed by atoms with Crippen molar-refractivity contribution in [2.45, 2.75) is 105 Å². The molecule has 0 aliphatic rings. The second kappa shape index (κ2) is 13.3. The number of carbonyl (C=O) groups excluding carboxylic acids is 4. The predicted molar refractivity (Wildman–Crippen MR) is 121 cm³/mol. The molecule has 0 fully saturated rings. The van der Waals surface area contributed by atoms with Gasteiger partial charge in [-0.1, -0.05) is 41.5 Å². The van der Waals surface area contributed by atoms with Crippen molar-refractivity contribution in [1.82, 2.24) is 16.0 Å². The molecular formula is C23H43N3O5. The van der Waals surface area contributed by atoms with Crippen molar-refractivity contribution in [1.29, 1.82) is 0 Å². The monoisotopic (exact) mass is 441 g/mol. The van der Waals surface area contributed by atoms with Crippen LogP contribution in [0.5, 0.6) is 0 Å². The number of nitrogens with one attached hydrogen (secondary N) is 3. The number of hydrogen-bond donors (Lipinski definition) is 3. The first-order valence-corrected chi connectivity index (χ1v) is 11.2. The number of alkyl carbamates (subject to hydrolysis) is 1. The molecule has 0 spiro atoms. The van der Waals surface area contributed by atoms with Gasteiger partial charge in [0.15, 0.2) is 0 Å². The Kier molecular flexibility index (Phi) is 12.4. The Bertz CT molecular complexity index is 597. The zero-order chi connectivity index (χ0) is 24.4. The lowest BCUT2D eigenvalue weighted by atomic mass is 9.99. The molecule has 0 rings (SSSR count). The number of rotatable bonds is 12. The van der Waals surface area contributed by atoms with Gasteiger partial charge in [-0.3, -0.25) is 9.59 Å². The molecule has 0 heterocycles. The van der Waals surface area contributed by atoms with E-state index < -0.39 is 41.6 Å². The van der Waals surface area contributed by atoms with E-state index >= 15 is 0 Å². The molecule has 0 aliphatic carbocycles. The van der Waals surface area contributed by atoms with E-state index in [0.29, 0.717) is 19.3 Å². The van der Waals surface area contributed by atoms with Crippen LogP contribution in [-0.4, -0.2) is 47.9 Å². The predicted octanol–water partition coefficient (Wildman–Crippen LogP) is 3.19. The Morgan fingerprint density at radius 1 is 0.742 bits per heavy atom. The van der Waals surface area contributed by atoms with Crippen LogP contribution in [0.15, 0.2) is 0 Å². The lowest BCUT2D eigenvalue weighted by molar-refractivity contribution is -0.131. The molecule has 180 valence electrons. The smallest absolute Gasteiger partial charge is 0.408 e. The summed E-state index contributed by atoms with van der Waals surface area (Å²) in [6.07, 6.45) is 1.36. The first kappa shape index (κ1) is 28.9. The largest absolute Gasteiger partial charge is 0.444 e. The van der Waals surface area contributed by atoms with Crippen LogP contribution in [0.4, 0.5) is 4.79 Å². The number of aldehydes is 1. The van der Waals surface area contributed by atoms with E-state index in [1.165, 1.54) is 0 Å². The van der Waals surface area contributed by atoms with Crippen LogP contribution in [0.2, 0.25) is 0 Å². The van der Waals surface area contributed by atoms with E-state index in [1.807, 2.05) is 41.5 Å². The van der Waals surface area contributed by atoms with E-state index in [1.54, 1.807) is 20.8 Å². The highest BCUT2D eigenvalue weighted by atomic mass is 16.6. The summed E-state index contributed by atoms with van der Waals surface area (Å²) in [5, 5.41) is 8.11. The highest BCUT2D eigenvalue weighted by molar-refractivity contribution is 5.92. The van der Waals surface area contributed by atoms with Gasteiger partial charge in [0.1, 0.15) is 24.0 Å². The van der Waals surface area contributed by atoms with Gasteiger partial charge in [0.2, 0.25) is 11.8 Å². The molecule has 0 aromatic rings. The lowest BCUT2D eigenvalue weighted by Gasteiger charge is -2.27. The summed E-state index contributed by atoms with van der Waals surface area (Å²) in [5.41, 5.74) is -0.691. The van der Waals surface area contributed by atoms with Crippen LogP contribution in [-0.2, 0) is 19.1 Å². The van der Waals surface area contributed by atoms with Gasteiger partial charge in [-0.2, -0.15) is 0 Å². The molecule has 0 saturated heterocycles. The molecule has 0 unspecified atom stereocenters. The highest BCUT2D eigenvalue weighted by Gasteiger charge is 2.30. The van der Waals surface area contributed by atoms with Gasteiger partial charge in [-0.15, -0.1) is 0 Å². The van der Waals surface area contributed by atoms with Crippen molar-refractivity contribution in [3.05, 3.63) is 0 Å². The fraction of sp³-hybridized carbons (Fsp3) is 0.826. The molecule has 0 bridgehead atoms. The second-order valence-electron chi connectivity index (χ2n) is 10.4. The highest BCUT2D eigenvalue weighted by Crippen LogP contribution is 2.12. The van der Waals surface area contributed by atoms with Crippen LogP contribution in [0, 0.1) is 17.8 Å². The zero-order valence-electron chi connectivity index (χ0n) is 20.7. The van der Waals surface area contributed by atoms with Crippen LogP contribution >= 0.6 is 0 Å². The van der Waals surface area contributed by atoms with Gasteiger partial charge in [0.25, 0.3) is 0 Å². The van der Waals surface area contributed by atoms with Gasteiger partial charge in [0.05, 0.1) is 6.04 Å². The fourth-order valence-corrected chi connectivity index (χ4v) is 3.07. The molecule has 8 heteroatoms. The third kappa shape index (κ3) is 13.7. The minimum Gasteiger partial charge on any atom is -0.444 e. The van der Waals surface area contributed by atoms with Gasteiger partial charge < -0.3 is 25.5 Å². The Morgan fingerprint density at radius 2 is 1.16 bits per heavy atom. The topological polar surface area (TPSA) is 114 Å². The van der Waals surface area contributed by atoms with Gasteiger partial charge in [0, 0.05) is 0 Å². The van der Waals surface area contributed by atoms with E-state index in [2.05, 4.69) is 16.0 Å². The summed E-state index contributed by atoms with van der Waals surface area (Å²) in [6.45, 7) is 16.9. The lowest BCUT2D eigenvalue weighted by Crippen LogP contribution is -2.56. The van der Waals surface area contributed by atoms with Crippen molar-refractivity contribution >= 4 is 24.2 Å². The Hall–Kier alpha value is -2.12. The van der Waals surface area contributed by atoms with E-state index in [0.717, 1.165) is 6.29 Å². The average Bonchev–Trinajstić information content (AvgIpc) is 2.56. The molecule has 0 aliphatic heterocycles. The molecule has 3 atom stereocenters. The normalized spacial score (nSPS) is 14.7. The third-order valence-electron chi connectivity index (χ3n) is 4.27. The van der Waals surface area contributed by atoms with Crippen molar-refractivity contribution < 1.29 is 23.9 Å². The number of carbonyl (C=O) groups is 4. The van der Waals surface area contributed by atoms with E-state index in [9.17, 15) is 19.2 Å². The molecular weight excluding hydrogens is 398 g/mol. The minimum atomic E-state index is -0.838. The zero-order valence-corrected chi connectivity index (χ0v) is 20.7. The molecule has 0 radical (unpaired) electrons. The quantitative estimate of drug-likeness (QED) is 0.403. The van der Waals surface area contributed by atoms with Crippen LogP contribution in [0.3, 0.4) is 0 Å². The first-order valence-electron chi connectivity index (χ1n) is 11.2. The summed E-state index contributed by atoms with van der Waals surface area (Å²) < 4.78 is 5.27. The molecule has 3 amide bonds. The van der Waals surface area contributed by atoms with Crippen LogP contribution in [0.1, 0.15) is 81.6 Å². The van der Waals surface area contributed by atoms with Gasteiger partial charge >= 0.3 is 6.09 Å². The minimum absolute atomic E-state index is 0.133. The summed E-state index contributed by atoms with van der Waals surface area (Å²) in [5.74, 6) is -0.346. The first-order chi connectivity index (χ1) is 14.1. The van der Waals surface area contributed by atoms with Crippen LogP contribution in [0.25, 0.3) is 0 Å². The van der Waals surface area contributed by atoms with Crippen molar-refractivity contribution in [2.75, 3.05) is 0 Å². The SMILES string of the molecule is CC(C)C[C@@H](C=O)NC(=O)[C@H](CC(C)C)NC(=O)[C@H](CC(C)C)NC(=O)OC(C)(C)C. The maximum Gasteiger partial charge on any atom is 0.408 e. The molecule has 31 heavy (non-hydrogen) atoms. The maximum absolute atomic E-state index is 13.0. The van der Waals surface area contributed by atoms with Crippen molar-refractivity contribution in [2.24, 2.45) is 17.8 Å². The standard InChI is InChI=1S/C23H43N3O5/c1-14(2)10-17(13-27)24-20(28)18(11-15(3)4)25-21(29)19(12-16(5)6)26-22(30)31-23(7,8)9/h13-19H,10-12H2,1-9H3,(H,24,28)(H,25,29)(H,26,30)/t17-,18-,19-/m0/s1. The number of hydrogen-bond acceptors (Lipinski definition) is 5. The Labute approximate surface area is 187 Å². The number of amides is 3.